The summed E-state index contributed by atoms with van der Waals surface area (Å²) in [6.07, 6.45) is 0.677. The number of rotatable bonds is 4. The van der Waals surface area contributed by atoms with Gasteiger partial charge in [0.2, 0.25) is 0 Å². The van der Waals surface area contributed by atoms with Gasteiger partial charge in [0.05, 0.1) is 6.04 Å². The first-order valence-corrected chi connectivity index (χ1v) is 9.51. The molecule has 1 aliphatic rings. The molecule has 0 saturated heterocycles. The van der Waals surface area contributed by atoms with E-state index < -0.39 is 10.2 Å². The lowest BCUT2D eigenvalue weighted by atomic mass is 10.1. The fourth-order valence-corrected chi connectivity index (χ4v) is 3.32. The molecule has 8 nitrogen and oxygen atoms in total. The van der Waals surface area contributed by atoms with Crippen molar-refractivity contribution < 1.29 is 13.5 Å². The SMILES string of the molecule is CC[C@@H](N=C1NS(=O)(=O)N=C1Nc1nc(C)ccc1O)c1ccccc1. The lowest BCUT2D eigenvalue weighted by Crippen LogP contribution is -2.31. The zero-order valence-corrected chi connectivity index (χ0v) is 15.2. The van der Waals surface area contributed by atoms with Gasteiger partial charge in [-0.15, -0.1) is 4.40 Å². The molecule has 1 aromatic carbocycles. The zero-order chi connectivity index (χ0) is 18.7. The maximum atomic E-state index is 11.9. The van der Waals surface area contributed by atoms with E-state index in [9.17, 15) is 13.5 Å². The van der Waals surface area contributed by atoms with Crippen LogP contribution in [0.4, 0.5) is 5.82 Å². The van der Waals surface area contributed by atoms with Gasteiger partial charge in [0.1, 0.15) is 0 Å². The summed E-state index contributed by atoms with van der Waals surface area (Å²) in [5.74, 6) is 0.0800. The number of benzene rings is 1. The number of aromatic hydroxyl groups is 1. The highest BCUT2D eigenvalue weighted by atomic mass is 32.2. The maximum absolute atomic E-state index is 11.9. The number of hydrogen-bond donors (Lipinski definition) is 3. The quantitative estimate of drug-likeness (QED) is 0.760. The summed E-state index contributed by atoms with van der Waals surface area (Å²) in [5, 5.41) is 12.7. The molecule has 9 heteroatoms. The van der Waals surface area contributed by atoms with Gasteiger partial charge in [-0.1, -0.05) is 37.3 Å². The smallest absolute Gasteiger partial charge is 0.345 e. The van der Waals surface area contributed by atoms with E-state index in [-0.39, 0.29) is 29.3 Å². The number of nitrogens with zero attached hydrogens (tertiary/aromatic N) is 3. The van der Waals surface area contributed by atoms with Crippen LogP contribution < -0.4 is 10.0 Å². The molecule has 1 atom stereocenters. The largest absolute Gasteiger partial charge is 0.504 e. The molecule has 0 spiro atoms. The number of anilines is 1. The monoisotopic (exact) mass is 373 g/mol. The van der Waals surface area contributed by atoms with Crippen LogP contribution in [-0.2, 0) is 10.2 Å². The van der Waals surface area contributed by atoms with Gasteiger partial charge in [0.25, 0.3) is 0 Å². The first-order chi connectivity index (χ1) is 12.4. The Hall–Kier alpha value is -2.94. The predicted molar refractivity (Wildman–Crippen MR) is 101 cm³/mol. The highest BCUT2D eigenvalue weighted by Gasteiger charge is 2.28. The van der Waals surface area contributed by atoms with Crippen LogP contribution in [0.3, 0.4) is 0 Å². The van der Waals surface area contributed by atoms with Crippen molar-refractivity contribution in [2.75, 3.05) is 5.32 Å². The van der Waals surface area contributed by atoms with E-state index in [1.807, 2.05) is 37.3 Å². The van der Waals surface area contributed by atoms with Gasteiger partial charge in [-0.3, -0.25) is 4.99 Å². The standard InChI is InChI=1S/C17H19N5O3S/c1-3-13(12-7-5-4-6-8-12)19-16-17(22-26(24,25)21-16)20-15-14(23)10-9-11(2)18-15/h4-10,13,23H,3H2,1-2H3,(H,19,21)(H,18,20,22)/t13-/m1/s1. The number of pyridine rings is 1. The van der Waals surface area contributed by atoms with Crippen molar-refractivity contribution in [1.82, 2.24) is 9.71 Å². The molecule has 0 bridgehead atoms. The minimum absolute atomic E-state index is 0.00668. The minimum Gasteiger partial charge on any atom is -0.504 e. The highest BCUT2D eigenvalue weighted by molar-refractivity contribution is 7.89. The van der Waals surface area contributed by atoms with E-state index in [2.05, 4.69) is 24.4 Å². The summed E-state index contributed by atoms with van der Waals surface area (Å²) >= 11 is 0. The fourth-order valence-electron chi connectivity index (χ4n) is 2.51. The summed E-state index contributed by atoms with van der Waals surface area (Å²) in [6.45, 7) is 3.72. The number of aromatic nitrogens is 1. The lowest BCUT2D eigenvalue weighted by molar-refractivity contribution is 0.475. The molecule has 0 fully saturated rings. The van der Waals surface area contributed by atoms with Crippen LogP contribution in [0, 0.1) is 6.92 Å². The second-order valence-corrected chi connectivity index (χ2v) is 7.11. The number of aliphatic imine (C=N–C) groups is 1. The molecule has 0 amide bonds. The number of hydrogen-bond acceptors (Lipinski definition) is 6. The van der Waals surface area contributed by atoms with Crippen LogP contribution in [0.2, 0.25) is 0 Å². The van der Waals surface area contributed by atoms with E-state index in [0.29, 0.717) is 12.1 Å². The van der Waals surface area contributed by atoms with Crippen LogP contribution in [0.5, 0.6) is 5.75 Å². The first-order valence-electron chi connectivity index (χ1n) is 8.07. The molecule has 0 aliphatic carbocycles. The molecule has 0 radical (unpaired) electrons. The fraction of sp³-hybridized carbons (Fsp3) is 0.235. The van der Waals surface area contributed by atoms with Gasteiger partial charge in [-0.05, 0) is 31.0 Å². The number of aryl methyl sites for hydroxylation is 1. The van der Waals surface area contributed by atoms with Crippen LogP contribution in [0.15, 0.2) is 51.9 Å². The van der Waals surface area contributed by atoms with Gasteiger partial charge < -0.3 is 10.4 Å². The van der Waals surface area contributed by atoms with Crippen molar-refractivity contribution in [2.24, 2.45) is 9.39 Å². The Labute approximate surface area is 151 Å². The normalized spacial score (nSPS) is 18.2. The maximum Gasteiger partial charge on any atom is 0.345 e. The molecule has 0 saturated carbocycles. The van der Waals surface area contributed by atoms with Crippen molar-refractivity contribution in [1.29, 1.82) is 0 Å². The summed E-state index contributed by atoms with van der Waals surface area (Å²) in [5.41, 5.74) is 1.62. The molecule has 0 unspecified atom stereocenters. The van der Waals surface area contributed by atoms with Crippen LogP contribution in [-0.4, -0.2) is 30.2 Å². The van der Waals surface area contributed by atoms with Crippen molar-refractivity contribution in [2.45, 2.75) is 26.3 Å². The first kappa shape index (κ1) is 17.9. The van der Waals surface area contributed by atoms with Gasteiger partial charge in [-0.25, -0.2) is 9.71 Å². The average molecular weight is 373 g/mol. The van der Waals surface area contributed by atoms with E-state index in [4.69, 9.17) is 0 Å². The van der Waals surface area contributed by atoms with Gasteiger partial charge in [0.15, 0.2) is 23.2 Å². The average Bonchev–Trinajstić information content (AvgIpc) is 2.90. The number of amidine groups is 2. The third-order valence-electron chi connectivity index (χ3n) is 3.77. The molecular formula is C17H19N5O3S. The Balaban J connectivity index is 1.95. The van der Waals surface area contributed by atoms with Gasteiger partial charge in [0, 0.05) is 5.69 Å². The Morgan fingerprint density at radius 3 is 2.65 bits per heavy atom. The summed E-state index contributed by atoms with van der Waals surface area (Å²) < 4.78 is 29.7. The molecule has 3 rings (SSSR count). The molecule has 3 N–H and O–H groups in total. The molecule has 1 aliphatic heterocycles. The van der Waals surface area contributed by atoms with Crippen LogP contribution in [0.1, 0.15) is 30.6 Å². The van der Waals surface area contributed by atoms with Gasteiger partial charge >= 0.3 is 10.2 Å². The molecule has 26 heavy (non-hydrogen) atoms. The topological polar surface area (TPSA) is 116 Å². The third-order valence-corrected chi connectivity index (χ3v) is 4.64. The molecule has 2 heterocycles. The summed E-state index contributed by atoms with van der Waals surface area (Å²) in [4.78, 5) is 8.67. The van der Waals surface area contributed by atoms with Crippen molar-refractivity contribution >= 4 is 27.7 Å². The Morgan fingerprint density at radius 1 is 1.23 bits per heavy atom. The Morgan fingerprint density at radius 2 is 1.96 bits per heavy atom. The van der Waals surface area contributed by atoms with Crippen LogP contribution in [0.25, 0.3) is 0 Å². The zero-order valence-electron chi connectivity index (χ0n) is 14.3. The van der Waals surface area contributed by atoms with E-state index in [0.717, 1.165) is 5.56 Å². The van der Waals surface area contributed by atoms with Crippen LogP contribution >= 0.6 is 0 Å². The van der Waals surface area contributed by atoms with Crippen molar-refractivity contribution in [3.63, 3.8) is 0 Å². The lowest BCUT2D eigenvalue weighted by Gasteiger charge is -2.13. The van der Waals surface area contributed by atoms with E-state index in [1.54, 1.807) is 13.0 Å². The summed E-state index contributed by atoms with van der Waals surface area (Å²) in [6, 6.07) is 12.4. The van der Waals surface area contributed by atoms with E-state index >= 15 is 0 Å². The summed E-state index contributed by atoms with van der Waals surface area (Å²) in [7, 11) is -3.89. The Kier molecular flexibility index (Phi) is 4.90. The van der Waals surface area contributed by atoms with Crippen molar-refractivity contribution in [3.05, 3.63) is 53.7 Å². The minimum atomic E-state index is -3.89. The third kappa shape index (κ3) is 3.99. The Bertz CT molecular complexity index is 971. The molecule has 1 aromatic heterocycles. The predicted octanol–water partition coefficient (Wildman–Crippen LogP) is 2.30. The van der Waals surface area contributed by atoms with E-state index in [1.165, 1.54) is 6.07 Å². The van der Waals surface area contributed by atoms with Crippen molar-refractivity contribution in [3.8, 4) is 5.75 Å². The molecule has 2 aromatic rings. The highest BCUT2D eigenvalue weighted by Crippen LogP contribution is 2.24. The second-order valence-electron chi connectivity index (χ2n) is 5.77. The molecular weight excluding hydrogens is 354 g/mol. The molecule has 136 valence electrons. The number of nitrogens with one attached hydrogen (secondary N) is 2. The second kappa shape index (κ2) is 7.12. The van der Waals surface area contributed by atoms with Gasteiger partial charge in [-0.2, -0.15) is 8.42 Å².